The van der Waals surface area contributed by atoms with Crippen molar-refractivity contribution in [3.05, 3.63) is 63.3 Å². The summed E-state index contributed by atoms with van der Waals surface area (Å²) in [4.78, 5) is 0. The number of rotatable bonds is 4. The second-order valence-electron chi connectivity index (χ2n) is 4.28. The summed E-state index contributed by atoms with van der Waals surface area (Å²) >= 11 is 9.23. The quantitative estimate of drug-likeness (QED) is 0.740. The van der Waals surface area contributed by atoms with Gasteiger partial charge in [-0.05, 0) is 42.3 Å². The predicted molar refractivity (Wildman–Crippen MR) is 82.2 cm³/mol. The zero-order valence-corrected chi connectivity index (χ0v) is 12.8. The lowest BCUT2D eigenvalue weighted by Gasteiger charge is -2.19. The topological polar surface area (TPSA) is 12.0 Å². The van der Waals surface area contributed by atoms with Crippen molar-refractivity contribution in [2.45, 2.75) is 19.4 Å². The molecule has 0 radical (unpaired) electrons. The summed E-state index contributed by atoms with van der Waals surface area (Å²) in [6.07, 6.45) is 0.855. The van der Waals surface area contributed by atoms with Crippen molar-refractivity contribution in [1.82, 2.24) is 0 Å². The van der Waals surface area contributed by atoms with Crippen LogP contribution in [0.5, 0.6) is 0 Å². The third kappa shape index (κ3) is 3.71. The Bertz CT molecular complexity index is 557. The smallest absolute Gasteiger partial charge is 0.146 e. The fourth-order valence-electron chi connectivity index (χ4n) is 1.91. The zero-order valence-electron chi connectivity index (χ0n) is 10.5. The molecule has 0 bridgehead atoms. The number of nitrogens with one attached hydrogen (secondary N) is 1. The molecule has 0 aliphatic rings. The lowest BCUT2D eigenvalue weighted by Crippen LogP contribution is -2.10. The van der Waals surface area contributed by atoms with Gasteiger partial charge in [0.25, 0.3) is 0 Å². The highest BCUT2D eigenvalue weighted by atomic mass is 79.9. The molecular weight excluding hydrogens is 329 g/mol. The highest BCUT2D eigenvalue weighted by molar-refractivity contribution is 9.10. The molecule has 1 unspecified atom stereocenters. The Morgan fingerprint density at radius 2 is 1.89 bits per heavy atom. The zero-order chi connectivity index (χ0) is 13.8. The Balaban J connectivity index is 2.23. The molecular formula is C15H14BrClFN. The molecule has 1 atom stereocenters. The van der Waals surface area contributed by atoms with Gasteiger partial charge in [0.15, 0.2) is 0 Å². The van der Waals surface area contributed by atoms with Crippen LogP contribution in [0.3, 0.4) is 0 Å². The minimum absolute atomic E-state index is 0.0565. The Hall–Kier alpha value is -1.06. The third-order valence-electron chi connectivity index (χ3n) is 2.94. The molecule has 1 N–H and O–H groups in total. The van der Waals surface area contributed by atoms with E-state index in [4.69, 9.17) is 11.6 Å². The monoisotopic (exact) mass is 341 g/mol. The summed E-state index contributed by atoms with van der Waals surface area (Å²) in [6, 6.07) is 12.5. The highest BCUT2D eigenvalue weighted by Crippen LogP contribution is 2.27. The van der Waals surface area contributed by atoms with Crippen LogP contribution in [0.4, 0.5) is 10.1 Å². The SMILES string of the molecule is CCC(Nc1cc(Br)ccc1F)c1ccc(Cl)cc1. The first-order valence-corrected chi connectivity index (χ1v) is 7.24. The first-order valence-electron chi connectivity index (χ1n) is 6.07. The molecule has 0 fully saturated rings. The third-order valence-corrected chi connectivity index (χ3v) is 3.68. The Labute approximate surface area is 125 Å². The molecule has 0 spiro atoms. The van der Waals surface area contributed by atoms with Gasteiger partial charge in [0.1, 0.15) is 5.82 Å². The maximum absolute atomic E-state index is 13.7. The number of anilines is 1. The van der Waals surface area contributed by atoms with Crippen molar-refractivity contribution < 1.29 is 4.39 Å². The van der Waals surface area contributed by atoms with E-state index in [-0.39, 0.29) is 11.9 Å². The normalized spacial score (nSPS) is 12.2. The van der Waals surface area contributed by atoms with Gasteiger partial charge in [-0.1, -0.05) is 46.6 Å². The second-order valence-corrected chi connectivity index (χ2v) is 5.63. The number of hydrogen-bond acceptors (Lipinski definition) is 1. The summed E-state index contributed by atoms with van der Waals surface area (Å²) in [5.74, 6) is -0.254. The predicted octanol–water partition coefficient (Wildman–Crippen LogP) is 5.80. The summed E-state index contributed by atoms with van der Waals surface area (Å²) < 4.78 is 14.6. The summed E-state index contributed by atoms with van der Waals surface area (Å²) in [5, 5.41) is 3.93. The van der Waals surface area contributed by atoms with Gasteiger partial charge in [0.05, 0.1) is 11.7 Å². The van der Waals surface area contributed by atoms with E-state index in [2.05, 4.69) is 28.2 Å². The van der Waals surface area contributed by atoms with Crippen molar-refractivity contribution >= 4 is 33.2 Å². The summed E-state index contributed by atoms with van der Waals surface area (Å²) in [7, 11) is 0. The molecule has 0 aromatic heterocycles. The number of benzene rings is 2. The van der Waals surface area contributed by atoms with E-state index in [0.717, 1.165) is 16.5 Å². The molecule has 1 nitrogen and oxygen atoms in total. The molecule has 100 valence electrons. The van der Waals surface area contributed by atoms with Crippen molar-refractivity contribution in [2.24, 2.45) is 0 Å². The van der Waals surface area contributed by atoms with Crippen LogP contribution in [-0.2, 0) is 0 Å². The highest BCUT2D eigenvalue weighted by Gasteiger charge is 2.11. The van der Waals surface area contributed by atoms with Crippen LogP contribution in [0.15, 0.2) is 46.9 Å². The molecule has 0 aliphatic heterocycles. The van der Waals surface area contributed by atoms with Gasteiger partial charge >= 0.3 is 0 Å². The lowest BCUT2D eigenvalue weighted by atomic mass is 10.0. The molecule has 2 aromatic rings. The van der Waals surface area contributed by atoms with Crippen LogP contribution < -0.4 is 5.32 Å². The average molecular weight is 343 g/mol. The van der Waals surface area contributed by atoms with E-state index in [0.29, 0.717) is 10.7 Å². The minimum Gasteiger partial charge on any atom is -0.376 e. The Morgan fingerprint density at radius 3 is 2.53 bits per heavy atom. The Morgan fingerprint density at radius 1 is 1.21 bits per heavy atom. The maximum atomic E-state index is 13.7. The van der Waals surface area contributed by atoms with Gasteiger partial charge in [-0.2, -0.15) is 0 Å². The van der Waals surface area contributed by atoms with Crippen LogP contribution >= 0.6 is 27.5 Å². The van der Waals surface area contributed by atoms with Gasteiger partial charge in [0.2, 0.25) is 0 Å². The van der Waals surface area contributed by atoms with Gasteiger partial charge in [-0.3, -0.25) is 0 Å². The van der Waals surface area contributed by atoms with Crippen LogP contribution in [0.1, 0.15) is 24.9 Å². The van der Waals surface area contributed by atoms with E-state index < -0.39 is 0 Å². The molecule has 19 heavy (non-hydrogen) atoms. The van der Waals surface area contributed by atoms with Crippen LogP contribution in [-0.4, -0.2) is 0 Å². The lowest BCUT2D eigenvalue weighted by molar-refractivity contribution is 0.623. The van der Waals surface area contributed by atoms with Gasteiger partial charge in [0, 0.05) is 9.50 Å². The molecule has 0 aliphatic carbocycles. The van der Waals surface area contributed by atoms with Gasteiger partial charge < -0.3 is 5.32 Å². The first kappa shape index (κ1) is 14.4. The molecule has 2 aromatic carbocycles. The molecule has 0 saturated heterocycles. The fraction of sp³-hybridized carbons (Fsp3) is 0.200. The molecule has 0 saturated carbocycles. The largest absolute Gasteiger partial charge is 0.376 e. The molecule has 4 heteroatoms. The van der Waals surface area contributed by atoms with Crippen molar-refractivity contribution in [3.8, 4) is 0 Å². The van der Waals surface area contributed by atoms with Crippen LogP contribution in [0, 0.1) is 5.82 Å². The standard InChI is InChI=1S/C15H14BrClFN/c1-2-14(10-3-6-12(17)7-4-10)19-15-9-11(16)5-8-13(15)18/h3-9,14,19H,2H2,1H3. The van der Waals surface area contributed by atoms with Gasteiger partial charge in [-0.15, -0.1) is 0 Å². The minimum atomic E-state index is -0.254. The fourth-order valence-corrected chi connectivity index (χ4v) is 2.40. The van der Waals surface area contributed by atoms with E-state index in [1.165, 1.54) is 6.07 Å². The first-order chi connectivity index (χ1) is 9.10. The second kappa shape index (κ2) is 6.40. The van der Waals surface area contributed by atoms with Crippen LogP contribution in [0.2, 0.25) is 5.02 Å². The molecule has 0 amide bonds. The summed E-state index contributed by atoms with van der Waals surface area (Å²) in [6.45, 7) is 2.06. The van der Waals surface area contributed by atoms with Crippen molar-refractivity contribution in [1.29, 1.82) is 0 Å². The number of hydrogen-bond donors (Lipinski definition) is 1. The van der Waals surface area contributed by atoms with E-state index in [1.54, 1.807) is 12.1 Å². The van der Waals surface area contributed by atoms with E-state index >= 15 is 0 Å². The molecule has 0 heterocycles. The van der Waals surface area contributed by atoms with Crippen molar-refractivity contribution in [3.63, 3.8) is 0 Å². The maximum Gasteiger partial charge on any atom is 0.146 e. The average Bonchev–Trinajstić information content (AvgIpc) is 2.41. The van der Waals surface area contributed by atoms with Crippen LogP contribution in [0.25, 0.3) is 0 Å². The number of halogens is 3. The van der Waals surface area contributed by atoms with E-state index in [9.17, 15) is 4.39 Å². The van der Waals surface area contributed by atoms with Crippen molar-refractivity contribution in [2.75, 3.05) is 5.32 Å². The Kier molecular flexibility index (Phi) is 4.83. The van der Waals surface area contributed by atoms with E-state index in [1.807, 2.05) is 24.3 Å². The molecule has 2 rings (SSSR count). The van der Waals surface area contributed by atoms with Gasteiger partial charge in [-0.25, -0.2) is 4.39 Å². The summed E-state index contributed by atoms with van der Waals surface area (Å²) in [5.41, 5.74) is 1.59.